The second-order valence-electron chi connectivity index (χ2n) is 7.84. The summed E-state index contributed by atoms with van der Waals surface area (Å²) in [5.41, 5.74) is 3.35. The summed E-state index contributed by atoms with van der Waals surface area (Å²) in [7, 11) is -3.36. The molecular weight excluding hydrogens is 472 g/mol. The number of ether oxygens (including phenoxy) is 2. The van der Waals surface area contributed by atoms with Crippen LogP contribution in [0, 0.1) is 0 Å². The summed E-state index contributed by atoms with van der Waals surface area (Å²) in [5.74, 6) is 1.41. The number of fused-ring (bicyclic) bond motifs is 1. The lowest BCUT2D eigenvalue weighted by Gasteiger charge is -2.19. The van der Waals surface area contributed by atoms with E-state index < -0.39 is 10.0 Å². The zero-order chi connectivity index (χ0) is 23.5. The highest BCUT2D eigenvalue weighted by Gasteiger charge is 2.23. The number of benzene rings is 2. The van der Waals surface area contributed by atoms with Gasteiger partial charge in [0, 0.05) is 10.6 Å². The average Bonchev–Trinajstić information content (AvgIpc) is 3.49. The molecule has 174 valence electrons. The van der Waals surface area contributed by atoms with Crippen molar-refractivity contribution in [2.75, 3.05) is 23.1 Å². The minimum atomic E-state index is -3.36. The third kappa shape index (κ3) is 5.13. The van der Waals surface area contributed by atoms with E-state index in [9.17, 15) is 8.42 Å². The van der Waals surface area contributed by atoms with E-state index in [1.165, 1.54) is 17.7 Å². The summed E-state index contributed by atoms with van der Waals surface area (Å²) in [5, 5.41) is 3.51. The Kier molecular flexibility index (Phi) is 6.08. The number of rotatable bonds is 8. The van der Waals surface area contributed by atoms with E-state index in [1.807, 2.05) is 36.4 Å². The fraction of sp³-hybridized carbons (Fsp3) is 0.167. The molecule has 5 rings (SSSR count). The molecule has 1 aliphatic heterocycles. The molecule has 8 nitrogen and oxygen atoms in total. The first-order chi connectivity index (χ1) is 16.4. The number of anilines is 2. The lowest BCUT2D eigenvalue weighted by Crippen LogP contribution is -2.25. The van der Waals surface area contributed by atoms with Crippen molar-refractivity contribution in [3.8, 4) is 10.4 Å². The van der Waals surface area contributed by atoms with Crippen molar-refractivity contribution in [2.24, 2.45) is 0 Å². The number of hydrogen-bond donors (Lipinski definition) is 2. The normalized spacial score (nSPS) is 14.2. The number of aromatic nitrogens is 2. The maximum absolute atomic E-state index is 11.6. The van der Waals surface area contributed by atoms with Crippen LogP contribution in [0.5, 0.6) is 0 Å². The van der Waals surface area contributed by atoms with Crippen molar-refractivity contribution < 1.29 is 17.9 Å². The lowest BCUT2D eigenvalue weighted by molar-refractivity contribution is 0.0764. The van der Waals surface area contributed by atoms with Gasteiger partial charge in [0.2, 0.25) is 16.8 Å². The maximum Gasteiger partial charge on any atom is 0.229 e. The predicted molar refractivity (Wildman–Crippen MR) is 134 cm³/mol. The number of sulfonamides is 1. The Morgan fingerprint density at radius 2 is 1.94 bits per heavy atom. The zero-order valence-corrected chi connectivity index (χ0v) is 19.9. The Hall–Kier alpha value is -3.63. The molecule has 2 aromatic carbocycles. The van der Waals surface area contributed by atoms with Gasteiger partial charge in [-0.25, -0.2) is 18.4 Å². The van der Waals surface area contributed by atoms with Crippen LogP contribution in [0.15, 0.2) is 79.0 Å². The number of thiophene rings is 1. The van der Waals surface area contributed by atoms with E-state index in [2.05, 4.69) is 32.1 Å². The Labute approximate surface area is 201 Å². The molecule has 3 heterocycles. The summed E-state index contributed by atoms with van der Waals surface area (Å²) in [6, 6.07) is 19.2. The van der Waals surface area contributed by atoms with Crippen molar-refractivity contribution in [1.82, 2.24) is 9.97 Å². The average molecular weight is 495 g/mol. The molecule has 1 aliphatic rings. The summed E-state index contributed by atoms with van der Waals surface area (Å²) < 4.78 is 37.6. The van der Waals surface area contributed by atoms with Crippen LogP contribution < -0.4 is 10.0 Å². The Morgan fingerprint density at radius 3 is 2.71 bits per heavy atom. The number of nitrogens with zero attached hydrogens (tertiary/aromatic N) is 2. The highest BCUT2D eigenvalue weighted by atomic mass is 32.2. The van der Waals surface area contributed by atoms with Gasteiger partial charge in [0.25, 0.3) is 0 Å². The van der Waals surface area contributed by atoms with Crippen molar-refractivity contribution in [2.45, 2.75) is 12.5 Å². The van der Waals surface area contributed by atoms with E-state index >= 15 is 0 Å². The van der Waals surface area contributed by atoms with Crippen LogP contribution >= 0.6 is 11.3 Å². The van der Waals surface area contributed by atoms with Crippen LogP contribution in [-0.4, -0.2) is 37.5 Å². The van der Waals surface area contributed by atoms with Gasteiger partial charge < -0.3 is 14.8 Å². The quantitative estimate of drug-likeness (QED) is 0.369. The summed E-state index contributed by atoms with van der Waals surface area (Å²) >= 11 is 1.54. The van der Waals surface area contributed by atoms with Gasteiger partial charge in [0.15, 0.2) is 5.76 Å². The molecule has 0 spiro atoms. The van der Waals surface area contributed by atoms with E-state index in [0.717, 1.165) is 32.5 Å². The first-order valence-corrected chi connectivity index (χ1v) is 13.2. The van der Waals surface area contributed by atoms with Crippen LogP contribution in [0.4, 0.5) is 11.5 Å². The van der Waals surface area contributed by atoms with Crippen LogP contribution in [-0.2, 0) is 25.9 Å². The SMILES string of the molecule is CS(=O)(=O)Nc1cccc(-c2cc3ncnc(NC(Cc4ccccc4)C4=COCO4)c3s2)c1. The second kappa shape index (κ2) is 9.32. The van der Waals surface area contributed by atoms with Gasteiger partial charge in [-0.15, -0.1) is 11.3 Å². The smallest absolute Gasteiger partial charge is 0.229 e. The van der Waals surface area contributed by atoms with Crippen LogP contribution in [0.1, 0.15) is 5.56 Å². The van der Waals surface area contributed by atoms with Gasteiger partial charge >= 0.3 is 0 Å². The molecule has 2 N–H and O–H groups in total. The van der Waals surface area contributed by atoms with E-state index in [0.29, 0.717) is 23.7 Å². The molecular formula is C24H22N4O4S2. The summed E-state index contributed by atoms with van der Waals surface area (Å²) in [4.78, 5) is 9.90. The largest absolute Gasteiger partial charge is 0.462 e. The third-order valence-corrected chi connectivity index (χ3v) is 6.98. The number of nitrogens with one attached hydrogen (secondary N) is 2. The molecule has 0 amide bonds. The van der Waals surface area contributed by atoms with E-state index in [1.54, 1.807) is 18.4 Å². The predicted octanol–water partition coefficient (Wildman–Crippen LogP) is 4.60. The first kappa shape index (κ1) is 22.2. The fourth-order valence-electron chi connectivity index (χ4n) is 3.72. The third-order valence-electron chi connectivity index (χ3n) is 5.19. The van der Waals surface area contributed by atoms with Gasteiger partial charge in [0.05, 0.1) is 22.5 Å². The molecule has 0 radical (unpaired) electrons. The molecule has 2 aromatic heterocycles. The van der Waals surface area contributed by atoms with E-state index in [4.69, 9.17) is 9.47 Å². The molecule has 0 aliphatic carbocycles. The molecule has 0 saturated heterocycles. The molecule has 0 bridgehead atoms. The standard InChI is InChI=1S/C24H22N4O4S2/c1-34(29,30)28-18-9-5-8-17(11-18)22-12-20-23(33-22)24(26-14-25-20)27-19(21-13-31-15-32-21)10-16-6-3-2-4-7-16/h2-9,11-14,19,28H,10,15H2,1H3,(H,25,26,27). The highest BCUT2D eigenvalue weighted by molar-refractivity contribution is 7.92. The maximum atomic E-state index is 11.6. The van der Waals surface area contributed by atoms with Crippen molar-refractivity contribution >= 4 is 43.1 Å². The molecule has 0 fully saturated rings. The fourth-order valence-corrected chi connectivity index (χ4v) is 5.34. The van der Waals surface area contributed by atoms with Gasteiger partial charge in [-0.2, -0.15) is 0 Å². The lowest BCUT2D eigenvalue weighted by atomic mass is 10.0. The number of hydrogen-bond acceptors (Lipinski definition) is 8. The van der Waals surface area contributed by atoms with E-state index in [-0.39, 0.29) is 12.8 Å². The topological polar surface area (TPSA) is 102 Å². The molecule has 4 aromatic rings. The highest BCUT2D eigenvalue weighted by Crippen LogP contribution is 2.37. The Balaban J connectivity index is 1.47. The van der Waals surface area contributed by atoms with Crippen LogP contribution in [0.25, 0.3) is 20.7 Å². The molecule has 0 saturated carbocycles. The van der Waals surface area contributed by atoms with Gasteiger partial charge in [-0.05, 0) is 35.7 Å². The van der Waals surface area contributed by atoms with Crippen LogP contribution in [0.2, 0.25) is 0 Å². The van der Waals surface area contributed by atoms with Crippen molar-refractivity contribution in [3.05, 3.63) is 84.6 Å². The molecule has 34 heavy (non-hydrogen) atoms. The monoisotopic (exact) mass is 494 g/mol. The Bertz CT molecular complexity index is 1450. The summed E-state index contributed by atoms with van der Waals surface area (Å²) in [6.45, 7) is 0.197. The molecule has 1 atom stereocenters. The molecule has 10 heteroatoms. The minimum Gasteiger partial charge on any atom is -0.462 e. The van der Waals surface area contributed by atoms with Gasteiger partial charge in [-0.1, -0.05) is 42.5 Å². The second-order valence-corrected chi connectivity index (χ2v) is 10.6. The summed E-state index contributed by atoms with van der Waals surface area (Å²) in [6.07, 6.45) is 4.99. The van der Waals surface area contributed by atoms with Crippen molar-refractivity contribution in [1.29, 1.82) is 0 Å². The van der Waals surface area contributed by atoms with Gasteiger partial charge in [-0.3, -0.25) is 4.72 Å². The zero-order valence-electron chi connectivity index (χ0n) is 18.3. The van der Waals surface area contributed by atoms with Gasteiger partial charge in [0.1, 0.15) is 18.4 Å². The first-order valence-electron chi connectivity index (χ1n) is 10.5. The van der Waals surface area contributed by atoms with Crippen molar-refractivity contribution in [3.63, 3.8) is 0 Å². The van der Waals surface area contributed by atoms with Crippen LogP contribution in [0.3, 0.4) is 0 Å². The minimum absolute atomic E-state index is 0.171. The Morgan fingerprint density at radius 1 is 1.09 bits per heavy atom. The molecule has 1 unspecified atom stereocenters.